The van der Waals surface area contributed by atoms with Gasteiger partial charge in [0.2, 0.25) is 5.39 Å². The quantitative estimate of drug-likeness (QED) is 0.679. The number of rotatable bonds is 0. The number of hydrogen-bond acceptors (Lipinski definition) is 2. The number of aromatic nitrogens is 1. The van der Waals surface area contributed by atoms with E-state index in [4.69, 9.17) is 5.39 Å². The van der Waals surface area contributed by atoms with Gasteiger partial charge < -0.3 is 10.1 Å². The monoisotopic (exact) mass is 228 g/mol. The molecule has 0 saturated carbocycles. The van der Waals surface area contributed by atoms with Crippen LogP contribution in [-0.2, 0) is 6.18 Å². The van der Waals surface area contributed by atoms with E-state index >= 15 is 0 Å². The maximum Gasteiger partial charge on any atom is 0.453 e. The molecule has 82 valence electrons. The lowest BCUT2D eigenvalue weighted by molar-refractivity contribution is -0.136. The highest BCUT2D eigenvalue weighted by molar-refractivity contribution is 5.98. The maximum absolute atomic E-state index is 12.6. The Morgan fingerprint density at radius 2 is 2.00 bits per heavy atom. The van der Waals surface area contributed by atoms with Crippen LogP contribution in [0.2, 0.25) is 0 Å². The van der Waals surface area contributed by atoms with Crippen molar-refractivity contribution in [2.45, 2.75) is 6.18 Å². The van der Waals surface area contributed by atoms with Crippen LogP contribution in [0.4, 0.5) is 18.9 Å². The molecular formula is C9H5F3N3O+. The Morgan fingerprint density at radius 1 is 1.31 bits per heavy atom. The summed E-state index contributed by atoms with van der Waals surface area (Å²) < 4.78 is 37.7. The molecule has 0 aliphatic rings. The lowest BCUT2D eigenvalue weighted by Gasteiger charge is -2.06. The Kier molecular flexibility index (Phi) is 2.01. The van der Waals surface area contributed by atoms with Crippen molar-refractivity contribution in [3.05, 3.63) is 28.7 Å². The summed E-state index contributed by atoms with van der Waals surface area (Å²) in [5.74, 6) is -0.603. The molecule has 0 bridgehead atoms. The van der Waals surface area contributed by atoms with E-state index in [0.717, 1.165) is 6.07 Å². The molecule has 0 amide bonds. The molecule has 1 aromatic heterocycles. The van der Waals surface area contributed by atoms with Gasteiger partial charge in [0, 0.05) is 0 Å². The van der Waals surface area contributed by atoms with E-state index in [1.165, 1.54) is 12.1 Å². The number of aromatic hydroxyl groups is 1. The molecular weight excluding hydrogens is 223 g/mol. The minimum Gasteiger partial charge on any atom is -0.489 e. The Labute approximate surface area is 86.9 Å². The first-order chi connectivity index (χ1) is 7.45. The summed E-state index contributed by atoms with van der Waals surface area (Å²) in [6.45, 7) is 0. The number of aromatic amines is 1. The number of fused-ring (bicyclic) bond motifs is 1. The number of benzene rings is 1. The zero-order chi connectivity index (χ0) is 11.9. The topological polar surface area (TPSA) is 64.2 Å². The minimum atomic E-state index is -4.54. The number of diazo groups is 1. The summed E-state index contributed by atoms with van der Waals surface area (Å²) in [6.07, 6.45) is -4.54. The lowest BCUT2D eigenvalue weighted by Crippen LogP contribution is -2.05. The fourth-order valence-electron chi connectivity index (χ4n) is 1.53. The molecule has 0 aliphatic carbocycles. The minimum absolute atomic E-state index is 0.00910. The normalized spacial score (nSPS) is 11.6. The summed E-state index contributed by atoms with van der Waals surface area (Å²) >= 11 is 0. The van der Waals surface area contributed by atoms with Gasteiger partial charge in [-0.15, -0.1) is 0 Å². The Balaban J connectivity index is 2.87. The van der Waals surface area contributed by atoms with Crippen LogP contribution in [0.15, 0.2) is 18.2 Å². The van der Waals surface area contributed by atoms with E-state index in [0.29, 0.717) is 0 Å². The fraction of sp³-hybridized carbons (Fsp3) is 0.111. The summed E-state index contributed by atoms with van der Waals surface area (Å²) in [7, 11) is 0. The largest absolute Gasteiger partial charge is 0.489 e. The number of nitrogens with zero attached hydrogens (tertiary/aromatic N) is 2. The smallest absolute Gasteiger partial charge is 0.453 e. The maximum atomic E-state index is 12.6. The summed E-state index contributed by atoms with van der Waals surface area (Å²) in [6, 6.07) is 3.36. The van der Waals surface area contributed by atoms with Crippen LogP contribution in [0, 0.1) is 5.39 Å². The van der Waals surface area contributed by atoms with Crippen LogP contribution >= 0.6 is 0 Å². The number of H-pyrrole nitrogens is 1. The van der Waals surface area contributed by atoms with Gasteiger partial charge in [-0.2, -0.15) is 13.2 Å². The Bertz CT molecular complexity index is 594. The van der Waals surface area contributed by atoms with Gasteiger partial charge in [-0.1, -0.05) is 6.07 Å². The van der Waals surface area contributed by atoms with Crippen LogP contribution in [0.1, 0.15) is 5.56 Å². The molecule has 0 aliphatic heterocycles. The first-order valence-electron chi connectivity index (χ1n) is 4.21. The van der Waals surface area contributed by atoms with Crippen molar-refractivity contribution >= 4 is 16.6 Å². The van der Waals surface area contributed by atoms with Gasteiger partial charge in [0.1, 0.15) is 5.39 Å². The number of nitrogens with one attached hydrogen (secondary N) is 1. The molecule has 0 unspecified atom stereocenters. The average Bonchev–Trinajstić information content (AvgIpc) is 2.50. The van der Waals surface area contributed by atoms with Crippen molar-refractivity contribution in [2.24, 2.45) is 0 Å². The first-order valence-corrected chi connectivity index (χ1v) is 4.21. The van der Waals surface area contributed by atoms with Gasteiger partial charge in [0.15, 0.2) is 4.98 Å². The number of para-hydroxylation sites is 1. The van der Waals surface area contributed by atoms with Crippen molar-refractivity contribution < 1.29 is 18.3 Å². The molecule has 4 nitrogen and oxygen atoms in total. The second-order valence-electron chi connectivity index (χ2n) is 3.15. The highest BCUT2D eigenvalue weighted by atomic mass is 19.4. The third-order valence-electron chi connectivity index (χ3n) is 2.19. The molecule has 2 N–H and O–H groups in total. The first kappa shape index (κ1) is 10.3. The molecule has 2 rings (SSSR count). The number of halogens is 3. The standard InChI is InChI=1S/C9H4F3N3O/c10-9(11,12)5-3-1-2-4-6(5)14-8(16)7(4)15-13/h1-3,13H/p+1. The molecule has 0 radical (unpaired) electrons. The van der Waals surface area contributed by atoms with Crippen molar-refractivity contribution in [3.8, 4) is 5.88 Å². The predicted molar refractivity (Wildman–Crippen MR) is 49.7 cm³/mol. The number of hydrogen-bond donors (Lipinski definition) is 2. The summed E-state index contributed by atoms with van der Waals surface area (Å²) in [5.41, 5.74) is -1.53. The van der Waals surface area contributed by atoms with Crippen molar-refractivity contribution in [2.75, 3.05) is 0 Å². The highest BCUT2D eigenvalue weighted by Gasteiger charge is 2.35. The molecule has 0 spiro atoms. The number of alkyl halides is 3. The third-order valence-corrected chi connectivity index (χ3v) is 2.19. The fourth-order valence-corrected chi connectivity index (χ4v) is 1.53. The van der Waals surface area contributed by atoms with Gasteiger partial charge in [0.25, 0.3) is 5.88 Å². The highest BCUT2D eigenvalue weighted by Crippen LogP contribution is 2.41. The van der Waals surface area contributed by atoms with Crippen LogP contribution in [0.25, 0.3) is 15.9 Å². The third kappa shape index (κ3) is 1.35. The SMILES string of the molecule is N#[N+]c1c(O)[nH]c2c(C(F)(F)F)cccc12. The van der Waals surface area contributed by atoms with E-state index in [1.54, 1.807) is 0 Å². The van der Waals surface area contributed by atoms with Crippen LogP contribution in [-0.4, -0.2) is 10.1 Å². The second-order valence-corrected chi connectivity index (χ2v) is 3.15. The molecule has 0 fully saturated rings. The van der Waals surface area contributed by atoms with Crippen LogP contribution < -0.4 is 0 Å². The zero-order valence-electron chi connectivity index (χ0n) is 7.71. The molecule has 2 aromatic rings. The van der Waals surface area contributed by atoms with E-state index in [9.17, 15) is 18.3 Å². The molecule has 0 saturated heterocycles. The van der Waals surface area contributed by atoms with Gasteiger partial charge in [-0.05, 0) is 12.1 Å². The van der Waals surface area contributed by atoms with Gasteiger partial charge in [-0.25, -0.2) is 0 Å². The van der Waals surface area contributed by atoms with E-state index in [2.05, 4.69) is 9.96 Å². The zero-order valence-corrected chi connectivity index (χ0v) is 7.71. The molecule has 1 heterocycles. The van der Waals surface area contributed by atoms with E-state index < -0.39 is 17.6 Å². The summed E-state index contributed by atoms with van der Waals surface area (Å²) in [5, 5.41) is 17.8. The predicted octanol–water partition coefficient (Wildman–Crippen LogP) is 3.38. The van der Waals surface area contributed by atoms with Crippen LogP contribution in [0.3, 0.4) is 0 Å². The Hall–Kier alpha value is -2.23. The lowest BCUT2D eigenvalue weighted by atomic mass is 10.1. The Morgan fingerprint density at radius 3 is 2.56 bits per heavy atom. The van der Waals surface area contributed by atoms with Crippen LogP contribution in [0.5, 0.6) is 5.88 Å². The molecule has 0 atom stereocenters. The van der Waals surface area contributed by atoms with Gasteiger partial charge in [0.05, 0.1) is 11.1 Å². The molecule has 7 heteroatoms. The average molecular weight is 228 g/mol. The van der Waals surface area contributed by atoms with E-state index in [1.807, 2.05) is 0 Å². The van der Waals surface area contributed by atoms with E-state index in [-0.39, 0.29) is 16.6 Å². The van der Waals surface area contributed by atoms with Crippen molar-refractivity contribution in [1.82, 2.24) is 4.98 Å². The van der Waals surface area contributed by atoms with Gasteiger partial charge >= 0.3 is 11.9 Å². The van der Waals surface area contributed by atoms with Crippen molar-refractivity contribution in [1.29, 1.82) is 5.39 Å². The summed E-state index contributed by atoms with van der Waals surface area (Å²) in [4.78, 5) is 4.87. The van der Waals surface area contributed by atoms with Gasteiger partial charge in [-0.3, -0.25) is 0 Å². The van der Waals surface area contributed by atoms with Crippen molar-refractivity contribution in [3.63, 3.8) is 0 Å². The second kappa shape index (κ2) is 3.13. The molecule has 16 heavy (non-hydrogen) atoms. The molecule has 1 aromatic carbocycles.